The lowest BCUT2D eigenvalue weighted by Crippen LogP contribution is -2.63. The first-order valence-electron chi connectivity index (χ1n) is 22.7. The number of hydrogen-bond donors (Lipinski definition) is 8. The summed E-state index contributed by atoms with van der Waals surface area (Å²) in [7, 11) is 0. The number of nitrogens with one attached hydrogen (secondary N) is 2. The van der Waals surface area contributed by atoms with E-state index < -0.39 is 56.2 Å². The third-order valence-electron chi connectivity index (χ3n) is 15.3. The summed E-state index contributed by atoms with van der Waals surface area (Å²) in [5, 5.41) is 66.5. The van der Waals surface area contributed by atoms with Crippen LogP contribution in [0.4, 0.5) is 0 Å². The van der Waals surface area contributed by atoms with Crippen LogP contribution in [-0.2, 0) is 28.8 Å². The van der Waals surface area contributed by atoms with Crippen LogP contribution in [0.5, 0.6) is 0 Å². The van der Waals surface area contributed by atoms with Gasteiger partial charge in [0, 0.05) is 45.2 Å². The van der Waals surface area contributed by atoms with Crippen molar-refractivity contribution in [1.29, 1.82) is 0 Å². The number of aliphatic hydroxyl groups excluding tert-OH is 2. The zero-order valence-corrected chi connectivity index (χ0v) is 36.9. The van der Waals surface area contributed by atoms with Gasteiger partial charge < -0.3 is 41.3 Å². The molecule has 0 aromatic carbocycles. The molecular formula is C44H75N5O12. The maximum atomic E-state index is 13.1. The molecule has 0 radical (unpaired) electrons. The lowest BCUT2D eigenvalue weighted by atomic mass is 9.43. The highest BCUT2D eigenvalue weighted by atomic mass is 16.4. The molecule has 4 rings (SSSR count). The number of rotatable bonds is 26. The Kier molecular flexibility index (Phi) is 18.8. The number of nitrogens with zero attached hydrogens (tertiary/aromatic N) is 3. The summed E-state index contributed by atoms with van der Waals surface area (Å²) in [6, 6.07) is 0.0433. The Balaban J connectivity index is 1.21. The van der Waals surface area contributed by atoms with Crippen LogP contribution >= 0.6 is 0 Å². The van der Waals surface area contributed by atoms with E-state index in [0.717, 1.165) is 51.4 Å². The Bertz CT molecular complexity index is 1450. The van der Waals surface area contributed by atoms with Crippen LogP contribution in [0.1, 0.15) is 111 Å². The fraction of sp³-hybridized carbons (Fsp3) is 0.864. The minimum atomic E-state index is -1.22. The van der Waals surface area contributed by atoms with Crippen molar-refractivity contribution in [2.75, 3.05) is 65.4 Å². The molecule has 2 amide bonds. The molecule has 61 heavy (non-hydrogen) atoms. The monoisotopic (exact) mass is 866 g/mol. The van der Waals surface area contributed by atoms with Gasteiger partial charge in [-0.15, -0.1) is 0 Å². The van der Waals surface area contributed by atoms with E-state index in [1.165, 1.54) is 16.2 Å². The molecular weight excluding hydrogens is 791 g/mol. The van der Waals surface area contributed by atoms with Crippen LogP contribution in [0.15, 0.2) is 0 Å². The molecule has 0 heterocycles. The second-order valence-corrected chi connectivity index (χ2v) is 19.3. The molecule has 11 atom stereocenters. The second-order valence-electron chi connectivity index (χ2n) is 19.3. The number of carboxylic acid groups (broad SMARTS) is 4. The van der Waals surface area contributed by atoms with E-state index in [4.69, 9.17) is 0 Å². The smallest absolute Gasteiger partial charge is 0.317 e. The van der Waals surface area contributed by atoms with E-state index in [-0.39, 0.29) is 85.3 Å². The number of unbranched alkanes of at least 4 members (excludes halogenated alkanes) is 2. The summed E-state index contributed by atoms with van der Waals surface area (Å²) in [5.41, 5.74) is -0.136. The Morgan fingerprint density at radius 3 is 1.82 bits per heavy atom. The van der Waals surface area contributed by atoms with Gasteiger partial charge in [0.05, 0.1) is 44.9 Å². The molecule has 17 heteroatoms. The summed E-state index contributed by atoms with van der Waals surface area (Å²) in [6.45, 7) is 7.42. The van der Waals surface area contributed by atoms with Crippen molar-refractivity contribution in [2.24, 2.45) is 46.3 Å². The van der Waals surface area contributed by atoms with Gasteiger partial charge in [-0.2, -0.15) is 0 Å². The van der Waals surface area contributed by atoms with Crippen molar-refractivity contribution in [3.05, 3.63) is 0 Å². The number of aliphatic hydroxyl groups is 2. The average Bonchev–Trinajstić information content (AvgIpc) is 3.52. The maximum absolute atomic E-state index is 13.1. The molecule has 0 saturated heterocycles. The number of hydrogen-bond acceptors (Lipinski definition) is 11. The fourth-order valence-electron chi connectivity index (χ4n) is 12.3. The molecule has 0 aliphatic heterocycles. The normalized spacial score (nSPS) is 31.2. The van der Waals surface area contributed by atoms with Gasteiger partial charge in [0.2, 0.25) is 11.8 Å². The van der Waals surface area contributed by atoms with Crippen LogP contribution < -0.4 is 10.6 Å². The standard InChI is InChI=1S/C44H75N5O12/c1-5-9-28(2)31-11-12-32-42-33(22-35(51)44(31,32)4)43(3)14-13-30(20-29(43)21-34(42)50)46-36(52)10-7-6-8-15-45-37(53)23-47(16-18-48(24-38(54)55)25-39(56)57)17-19-49(26-40(58)59)27-41(60)61/h28-35,42,50-51H,5-27H2,1-4H3,(H,45,53)(H,46,52)(H,54,55)(H,56,57)(H,58,59)(H,60,61)/t28-,29+,30+,31-,32+,33+,34-,35+,42+,43+,44-/m1/s1. The highest BCUT2D eigenvalue weighted by Gasteiger charge is 2.65. The first-order valence-corrected chi connectivity index (χ1v) is 22.7. The first kappa shape index (κ1) is 50.3. The Labute approximate surface area is 361 Å². The molecule has 0 aromatic heterocycles. The van der Waals surface area contributed by atoms with Crippen LogP contribution in [0.25, 0.3) is 0 Å². The molecule has 4 saturated carbocycles. The predicted molar refractivity (Wildman–Crippen MR) is 225 cm³/mol. The lowest BCUT2D eigenvalue weighted by molar-refractivity contribution is -0.202. The van der Waals surface area contributed by atoms with E-state index in [1.807, 2.05) is 0 Å². The number of aliphatic carboxylic acids is 4. The summed E-state index contributed by atoms with van der Waals surface area (Å²) in [5.74, 6) is -3.13. The van der Waals surface area contributed by atoms with Gasteiger partial charge in [0.15, 0.2) is 0 Å². The van der Waals surface area contributed by atoms with Gasteiger partial charge in [0.1, 0.15) is 0 Å². The third-order valence-corrected chi connectivity index (χ3v) is 15.3. The maximum Gasteiger partial charge on any atom is 0.317 e. The van der Waals surface area contributed by atoms with E-state index in [0.29, 0.717) is 50.0 Å². The molecule has 4 aliphatic rings. The number of amides is 2. The van der Waals surface area contributed by atoms with Crippen LogP contribution in [-0.4, -0.2) is 165 Å². The predicted octanol–water partition coefficient (Wildman–Crippen LogP) is 2.43. The summed E-state index contributed by atoms with van der Waals surface area (Å²) >= 11 is 0. The van der Waals surface area contributed by atoms with Crippen molar-refractivity contribution in [1.82, 2.24) is 25.3 Å². The Hall–Kier alpha value is -3.38. The molecule has 4 fully saturated rings. The van der Waals surface area contributed by atoms with Crippen LogP contribution in [0.2, 0.25) is 0 Å². The van der Waals surface area contributed by atoms with Crippen molar-refractivity contribution in [2.45, 2.75) is 129 Å². The molecule has 0 aromatic rings. The highest BCUT2D eigenvalue weighted by molar-refractivity contribution is 5.78. The zero-order chi connectivity index (χ0) is 45.1. The SMILES string of the molecule is CCC[C@@H](C)[C@H]1CC[C@H]2[C@@H]3[C@H](O)C[C@@H]4C[C@@H](NC(=O)CCCCCNC(=O)CN(CCN(CC(=O)O)CC(=O)O)CCN(CC(=O)O)CC(=O)O)CC[C@]4(C)[C@H]3C[C@H](O)[C@]12C. The Morgan fingerprint density at radius 2 is 1.26 bits per heavy atom. The topological polar surface area (TPSA) is 258 Å². The highest BCUT2D eigenvalue weighted by Crippen LogP contribution is 2.68. The molecule has 0 spiro atoms. The average molecular weight is 866 g/mol. The van der Waals surface area contributed by atoms with Gasteiger partial charge in [-0.05, 0) is 104 Å². The van der Waals surface area contributed by atoms with Crippen molar-refractivity contribution in [3.8, 4) is 0 Å². The fourth-order valence-corrected chi connectivity index (χ4v) is 12.3. The van der Waals surface area contributed by atoms with Crippen molar-refractivity contribution < 1.29 is 59.4 Å². The Morgan fingerprint density at radius 1 is 0.689 bits per heavy atom. The number of carbonyl (C=O) groups is 6. The minimum absolute atomic E-state index is 0.00996. The largest absolute Gasteiger partial charge is 0.480 e. The van der Waals surface area contributed by atoms with E-state index >= 15 is 0 Å². The van der Waals surface area contributed by atoms with Gasteiger partial charge >= 0.3 is 23.9 Å². The number of fused-ring (bicyclic) bond motifs is 5. The lowest BCUT2D eigenvalue weighted by Gasteiger charge is -2.63. The summed E-state index contributed by atoms with van der Waals surface area (Å²) in [4.78, 5) is 75.1. The summed E-state index contributed by atoms with van der Waals surface area (Å²) < 4.78 is 0. The summed E-state index contributed by atoms with van der Waals surface area (Å²) in [6.07, 6.45) is 10.2. The van der Waals surface area contributed by atoms with E-state index in [9.17, 15) is 59.4 Å². The van der Waals surface area contributed by atoms with Gasteiger partial charge in [-0.1, -0.05) is 47.0 Å². The quantitative estimate of drug-likeness (QED) is 0.0581. The van der Waals surface area contributed by atoms with Crippen molar-refractivity contribution in [3.63, 3.8) is 0 Å². The molecule has 0 unspecified atom stereocenters. The number of carboxylic acids is 4. The first-order chi connectivity index (χ1) is 28.8. The van der Waals surface area contributed by atoms with Crippen LogP contribution in [0, 0.1) is 46.3 Å². The third kappa shape index (κ3) is 13.6. The molecule has 17 nitrogen and oxygen atoms in total. The number of carbonyl (C=O) groups excluding carboxylic acids is 2. The van der Waals surface area contributed by atoms with Crippen molar-refractivity contribution >= 4 is 35.7 Å². The van der Waals surface area contributed by atoms with Crippen LogP contribution in [0.3, 0.4) is 0 Å². The minimum Gasteiger partial charge on any atom is -0.480 e. The van der Waals surface area contributed by atoms with Gasteiger partial charge in [-0.25, -0.2) is 0 Å². The molecule has 8 N–H and O–H groups in total. The molecule has 0 bridgehead atoms. The van der Waals surface area contributed by atoms with Gasteiger partial charge in [0.25, 0.3) is 0 Å². The van der Waals surface area contributed by atoms with E-state index in [2.05, 4.69) is 38.3 Å². The molecule has 348 valence electrons. The van der Waals surface area contributed by atoms with Gasteiger partial charge in [-0.3, -0.25) is 43.5 Å². The zero-order valence-electron chi connectivity index (χ0n) is 36.9. The molecule has 4 aliphatic carbocycles. The second kappa shape index (κ2) is 22.8. The van der Waals surface area contributed by atoms with E-state index in [1.54, 1.807) is 4.90 Å².